The number of methoxy groups -OCH3 is 1. The molecule has 0 aromatic heterocycles. The van der Waals surface area contributed by atoms with Crippen molar-refractivity contribution in [3.8, 4) is 5.75 Å². The number of carbonyl (C=O) groups is 1. The van der Waals surface area contributed by atoms with Crippen molar-refractivity contribution >= 4 is 31.7 Å². The number of ether oxygens (including phenoxy) is 1. The van der Waals surface area contributed by atoms with Crippen LogP contribution in [0, 0.1) is 10.1 Å². The molecular formula is C8H6ClNO6S. The van der Waals surface area contributed by atoms with Crippen LogP contribution in [0.1, 0.15) is 10.4 Å². The number of benzene rings is 1. The average molecular weight is 280 g/mol. The number of rotatable bonds is 4. The predicted octanol–water partition coefficient (Wildman–Crippen LogP) is 1.34. The highest BCUT2D eigenvalue weighted by Crippen LogP contribution is 2.32. The molecule has 7 nitrogen and oxygen atoms in total. The van der Waals surface area contributed by atoms with Gasteiger partial charge in [-0.1, -0.05) is 0 Å². The lowest BCUT2D eigenvalue weighted by Gasteiger charge is -2.05. The van der Waals surface area contributed by atoms with Gasteiger partial charge in [0, 0.05) is 10.7 Å². The Kier molecular flexibility index (Phi) is 3.69. The van der Waals surface area contributed by atoms with Gasteiger partial charge in [0.05, 0.1) is 23.7 Å². The second kappa shape index (κ2) is 4.68. The van der Waals surface area contributed by atoms with E-state index in [0.29, 0.717) is 6.29 Å². The van der Waals surface area contributed by atoms with Crippen molar-refractivity contribution in [3.63, 3.8) is 0 Å². The lowest BCUT2D eigenvalue weighted by Crippen LogP contribution is -2.02. The van der Waals surface area contributed by atoms with Gasteiger partial charge in [-0.2, -0.15) is 0 Å². The quantitative estimate of drug-likeness (QED) is 0.356. The summed E-state index contributed by atoms with van der Waals surface area (Å²) in [4.78, 5) is 19.7. The van der Waals surface area contributed by atoms with Gasteiger partial charge in [0.1, 0.15) is 5.75 Å². The molecule has 17 heavy (non-hydrogen) atoms. The van der Waals surface area contributed by atoms with Gasteiger partial charge in [0.2, 0.25) is 0 Å². The molecule has 0 spiro atoms. The van der Waals surface area contributed by atoms with Crippen LogP contribution in [0.25, 0.3) is 0 Å². The highest BCUT2D eigenvalue weighted by Gasteiger charge is 2.26. The Bertz CT molecular complexity index is 582. The summed E-state index contributed by atoms with van der Waals surface area (Å²) < 4.78 is 27.0. The Hall–Kier alpha value is -1.67. The largest absolute Gasteiger partial charge is 0.496 e. The summed E-state index contributed by atoms with van der Waals surface area (Å²) in [5.74, 6) is -0.101. The fraction of sp³-hybridized carbons (Fsp3) is 0.125. The number of nitro groups is 1. The molecule has 0 aliphatic carbocycles. The van der Waals surface area contributed by atoms with Crippen molar-refractivity contribution in [3.05, 3.63) is 27.8 Å². The molecule has 92 valence electrons. The van der Waals surface area contributed by atoms with E-state index in [1.165, 1.54) is 7.11 Å². The van der Waals surface area contributed by atoms with Crippen molar-refractivity contribution < 1.29 is 22.9 Å². The predicted molar refractivity (Wildman–Crippen MR) is 58.1 cm³/mol. The minimum Gasteiger partial charge on any atom is -0.496 e. The zero-order chi connectivity index (χ0) is 13.2. The molecule has 0 bridgehead atoms. The van der Waals surface area contributed by atoms with E-state index in [9.17, 15) is 23.3 Å². The van der Waals surface area contributed by atoms with Crippen molar-refractivity contribution in [2.24, 2.45) is 0 Å². The maximum Gasteiger partial charge on any atom is 0.293 e. The number of hydrogen-bond donors (Lipinski definition) is 0. The molecule has 0 aliphatic rings. The van der Waals surface area contributed by atoms with E-state index in [2.05, 4.69) is 0 Å². The molecule has 0 amide bonds. The van der Waals surface area contributed by atoms with E-state index in [4.69, 9.17) is 15.4 Å². The summed E-state index contributed by atoms with van der Waals surface area (Å²) in [6, 6.07) is 1.63. The fourth-order valence-electron chi connectivity index (χ4n) is 1.17. The molecular weight excluding hydrogens is 274 g/mol. The van der Waals surface area contributed by atoms with Crippen LogP contribution in [-0.4, -0.2) is 26.7 Å². The third-order valence-electron chi connectivity index (χ3n) is 1.90. The van der Waals surface area contributed by atoms with Crippen LogP contribution in [-0.2, 0) is 9.05 Å². The van der Waals surface area contributed by atoms with Gasteiger partial charge in [0.25, 0.3) is 14.7 Å². The Labute approximate surface area is 101 Å². The van der Waals surface area contributed by atoms with E-state index in [-0.39, 0.29) is 11.3 Å². The smallest absolute Gasteiger partial charge is 0.293 e. The molecule has 0 saturated heterocycles. The maximum absolute atomic E-state index is 11.1. The van der Waals surface area contributed by atoms with E-state index < -0.39 is 24.6 Å². The van der Waals surface area contributed by atoms with Gasteiger partial charge in [0.15, 0.2) is 11.2 Å². The van der Waals surface area contributed by atoms with Gasteiger partial charge < -0.3 is 4.74 Å². The summed E-state index contributed by atoms with van der Waals surface area (Å²) in [5.41, 5.74) is -0.889. The van der Waals surface area contributed by atoms with Crippen LogP contribution in [0.15, 0.2) is 17.0 Å². The highest BCUT2D eigenvalue weighted by atomic mass is 35.7. The molecule has 1 rings (SSSR count). The summed E-state index contributed by atoms with van der Waals surface area (Å²) in [7, 11) is 1.92. The zero-order valence-electron chi connectivity index (χ0n) is 8.41. The number of carbonyl (C=O) groups excluding carboxylic acids is 1. The van der Waals surface area contributed by atoms with Crippen LogP contribution in [0.5, 0.6) is 5.75 Å². The number of nitrogens with zero attached hydrogens (tertiary/aromatic N) is 1. The number of hydrogen-bond acceptors (Lipinski definition) is 6. The first-order valence-corrected chi connectivity index (χ1v) is 6.38. The van der Waals surface area contributed by atoms with E-state index in [0.717, 1.165) is 12.1 Å². The number of halogens is 1. The molecule has 0 N–H and O–H groups in total. The van der Waals surface area contributed by atoms with Crippen molar-refractivity contribution in [1.29, 1.82) is 0 Å². The molecule has 1 aromatic rings. The van der Waals surface area contributed by atoms with Crippen LogP contribution < -0.4 is 4.74 Å². The van der Waals surface area contributed by atoms with Crippen LogP contribution in [0.3, 0.4) is 0 Å². The Balaban J connectivity index is 3.69. The summed E-state index contributed by atoms with van der Waals surface area (Å²) in [5, 5.41) is 10.7. The molecule has 0 radical (unpaired) electrons. The fourth-order valence-corrected chi connectivity index (χ4v) is 2.19. The maximum atomic E-state index is 11.1. The van der Waals surface area contributed by atoms with Gasteiger partial charge in [-0.25, -0.2) is 8.42 Å². The summed E-state index contributed by atoms with van der Waals surface area (Å²) in [6.45, 7) is 0. The molecule has 0 atom stereocenters. The first kappa shape index (κ1) is 13.4. The number of aldehydes is 1. The van der Waals surface area contributed by atoms with Gasteiger partial charge in [-0.3, -0.25) is 14.9 Å². The zero-order valence-corrected chi connectivity index (χ0v) is 9.99. The molecule has 0 aliphatic heterocycles. The topological polar surface area (TPSA) is 104 Å². The monoisotopic (exact) mass is 279 g/mol. The lowest BCUT2D eigenvalue weighted by molar-refractivity contribution is -0.387. The Morgan fingerprint density at radius 1 is 1.47 bits per heavy atom. The first-order chi connectivity index (χ1) is 7.81. The molecule has 1 aromatic carbocycles. The molecule has 0 fully saturated rings. The third kappa shape index (κ3) is 2.71. The van der Waals surface area contributed by atoms with Crippen LogP contribution in [0.2, 0.25) is 0 Å². The normalized spacial score (nSPS) is 10.9. The Morgan fingerprint density at radius 3 is 2.41 bits per heavy atom. The van der Waals surface area contributed by atoms with Crippen molar-refractivity contribution in [2.45, 2.75) is 4.90 Å². The van der Waals surface area contributed by atoms with Crippen LogP contribution >= 0.6 is 10.7 Å². The summed E-state index contributed by atoms with van der Waals surface area (Å²) in [6.07, 6.45) is 0.314. The van der Waals surface area contributed by atoms with E-state index >= 15 is 0 Å². The van der Waals surface area contributed by atoms with Gasteiger partial charge in [-0.05, 0) is 6.07 Å². The minimum atomic E-state index is -4.32. The molecule has 0 saturated carbocycles. The second-order valence-corrected chi connectivity index (χ2v) is 5.41. The third-order valence-corrected chi connectivity index (χ3v) is 3.25. The molecule has 0 unspecified atom stereocenters. The van der Waals surface area contributed by atoms with Gasteiger partial charge >= 0.3 is 0 Å². The van der Waals surface area contributed by atoms with Gasteiger partial charge in [-0.15, -0.1) is 0 Å². The minimum absolute atomic E-state index is 0.101. The Morgan fingerprint density at radius 2 is 2.06 bits per heavy atom. The highest BCUT2D eigenvalue weighted by molar-refractivity contribution is 8.13. The molecule has 9 heteroatoms. The van der Waals surface area contributed by atoms with Crippen molar-refractivity contribution in [1.82, 2.24) is 0 Å². The van der Waals surface area contributed by atoms with Crippen LogP contribution in [0.4, 0.5) is 5.69 Å². The average Bonchev–Trinajstić information content (AvgIpc) is 2.25. The number of nitro benzene ring substituents is 1. The molecule has 0 heterocycles. The standard InChI is InChI=1S/C8H6ClNO6S/c1-16-7-3-6(10(12)13)8(17(9,14)15)2-5(7)4-11/h2-4H,1H3. The second-order valence-electron chi connectivity index (χ2n) is 2.87. The lowest BCUT2D eigenvalue weighted by atomic mass is 10.2. The van der Waals surface area contributed by atoms with E-state index in [1.54, 1.807) is 0 Å². The van der Waals surface area contributed by atoms with E-state index in [1.807, 2.05) is 0 Å². The SMILES string of the molecule is COc1cc([N+](=O)[O-])c(S(=O)(=O)Cl)cc1C=O. The summed E-state index contributed by atoms with van der Waals surface area (Å²) >= 11 is 0. The first-order valence-electron chi connectivity index (χ1n) is 4.07. The van der Waals surface area contributed by atoms with Crippen molar-refractivity contribution in [2.75, 3.05) is 7.11 Å².